The van der Waals surface area contributed by atoms with E-state index in [-0.39, 0.29) is 11.9 Å². The van der Waals surface area contributed by atoms with Crippen LogP contribution in [-0.2, 0) is 4.79 Å². The second-order valence-corrected chi connectivity index (χ2v) is 10.4. The second kappa shape index (κ2) is 11.8. The summed E-state index contributed by atoms with van der Waals surface area (Å²) in [5.74, 6) is 2.43. The fraction of sp³-hybridized carbons (Fsp3) is 0.300. The average molecular weight is 551 g/mol. The number of amides is 1. The molecule has 2 aliphatic heterocycles. The maximum atomic E-state index is 12.1. The summed E-state index contributed by atoms with van der Waals surface area (Å²) >= 11 is 0. The Morgan fingerprint density at radius 2 is 1.76 bits per heavy atom. The molecule has 5 heterocycles. The molecule has 1 aromatic carbocycles. The van der Waals surface area contributed by atoms with Gasteiger partial charge in [0.25, 0.3) is 0 Å². The number of benzene rings is 1. The zero-order valence-corrected chi connectivity index (χ0v) is 23.1. The van der Waals surface area contributed by atoms with Crippen LogP contribution in [0.15, 0.2) is 73.6 Å². The topological polar surface area (TPSA) is 114 Å². The summed E-state index contributed by atoms with van der Waals surface area (Å²) in [5, 5.41) is 11.0. The van der Waals surface area contributed by atoms with E-state index < -0.39 is 0 Å². The van der Waals surface area contributed by atoms with Gasteiger partial charge in [-0.05, 0) is 49.9 Å². The van der Waals surface area contributed by atoms with Crippen molar-refractivity contribution in [3.8, 4) is 0 Å². The van der Waals surface area contributed by atoms with Crippen LogP contribution < -0.4 is 20.9 Å². The number of piperazine rings is 1. The minimum atomic E-state index is -0.0601. The first-order valence-corrected chi connectivity index (χ1v) is 13.9. The number of anilines is 6. The summed E-state index contributed by atoms with van der Waals surface area (Å²) < 4.78 is 0. The van der Waals surface area contributed by atoms with Gasteiger partial charge in [0.05, 0.1) is 23.6 Å². The van der Waals surface area contributed by atoms with E-state index in [9.17, 15) is 4.79 Å². The molecule has 2 saturated heterocycles. The fourth-order valence-corrected chi connectivity index (χ4v) is 5.16. The summed E-state index contributed by atoms with van der Waals surface area (Å²) in [7, 11) is 2.15. The molecule has 3 aromatic heterocycles. The van der Waals surface area contributed by atoms with Crippen molar-refractivity contribution in [3.05, 3.63) is 73.6 Å². The van der Waals surface area contributed by atoms with E-state index in [0.717, 1.165) is 49.4 Å². The van der Waals surface area contributed by atoms with Crippen molar-refractivity contribution in [2.75, 3.05) is 67.2 Å². The van der Waals surface area contributed by atoms with Crippen LogP contribution in [0.3, 0.4) is 0 Å². The number of rotatable bonds is 8. The SMILES string of the molecule is C=CC(=O)N1CC[C@@H](Nc2nc(Nc3ccccc3)nc3cnc(Nc4ccc(N5CCN(C)CC5)cn4)cc23)C1. The number of nitrogens with one attached hydrogen (secondary N) is 3. The Morgan fingerprint density at radius 3 is 2.51 bits per heavy atom. The molecule has 0 saturated carbocycles. The Hall–Kier alpha value is -4.77. The van der Waals surface area contributed by atoms with E-state index in [1.165, 1.54) is 6.08 Å². The number of para-hydroxylation sites is 1. The van der Waals surface area contributed by atoms with E-state index >= 15 is 0 Å². The Balaban J connectivity index is 1.25. The van der Waals surface area contributed by atoms with Crippen molar-refractivity contribution >= 4 is 51.6 Å². The number of carbonyl (C=O) groups excluding carboxylic acids is 1. The van der Waals surface area contributed by atoms with Crippen molar-refractivity contribution in [3.63, 3.8) is 0 Å². The standard InChI is InChI=1S/C30H34N10O/c1-3-28(41)40-12-11-22(20-40)33-29-24-17-27(32-19-25(24)35-30(37-29)34-21-7-5-4-6-8-21)36-26-10-9-23(18-31-26)39-15-13-38(2)14-16-39/h3-10,17-19,22H,1,11-16,20H2,2H3,(H,31,32,36)(H2,33,34,35,37)/t22-/m1/s1. The minimum Gasteiger partial charge on any atom is -0.368 e. The lowest BCUT2D eigenvalue weighted by Crippen LogP contribution is -2.44. The van der Waals surface area contributed by atoms with Gasteiger partial charge >= 0.3 is 0 Å². The molecule has 0 unspecified atom stereocenters. The smallest absolute Gasteiger partial charge is 0.246 e. The third-order valence-corrected chi connectivity index (χ3v) is 7.50. The molecule has 11 nitrogen and oxygen atoms in total. The van der Waals surface area contributed by atoms with Crippen molar-refractivity contribution in [2.45, 2.75) is 12.5 Å². The highest BCUT2D eigenvalue weighted by Crippen LogP contribution is 2.28. The van der Waals surface area contributed by atoms with Gasteiger partial charge in [-0.1, -0.05) is 24.8 Å². The molecule has 0 radical (unpaired) electrons. The molecule has 210 valence electrons. The van der Waals surface area contributed by atoms with Crippen LogP contribution in [0.2, 0.25) is 0 Å². The lowest BCUT2D eigenvalue weighted by Gasteiger charge is -2.33. The van der Waals surface area contributed by atoms with Crippen LogP contribution in [0.5, 0.6) is 0 Å². The number of likely N-dealkylation sites (tertiary alicyclic amines) is 1. The number of pyridine rings is 2. The van der Waals surface area contributed by atoms with Crippen molar-refractivity contribution in [1.29, 1.82) is 0 Å². The van der Waals surface area contributed by atoms with Crippen molar-refractivity contribution in [2.24, 2.45) is 0 Å². The highest BCUT2D eigenvalue weighted by Gasteiger charge is 2.26. The van der Waals surface area contributed by atoms with E-state index in [0.29, 0.717) is 42.0 Å². The number of hydrogen-bond acceptors (Lipinski definition) is 10. The van der Waals surface area contributed by atoms with Crippen LogP contribution in [0, 0.1) is 0 Å². The molecule has 11 heteroatoms. The van der Waals surface area contributed by atoms with Crippen LogP contribution in [-0.4, -0.2) is 88.0 Å². The highest BCUT2D eigenvalue weighted by atomic mass is 16.2. The Morgan fingerprint density at radius 1 is 0.951 bits per heavy atom. The highest BCUT2D eigenvalue weighted by molar-refractivity contribution is 5.92. The normalized spacial score (nSPS) is 17.4. The molecule has 0 spiro atoms. The van der Waals surface area contributed by atoms with Crippen LogP contribution >= 0.6 is 0 Å². The van der Waals surface area contributed by atoms with Crippen molar-refractivity contribution < 1.29 is 4.79 Å². The lowest BCUT2D eigenvalue weighted by molar-refractivity contribution is -0.125. The van der Waals surface area contributed by atoms with Gasteiger partial charge in [0.1, 0.15) is 17.5 Å². The molecule has 1 atom stereocenters. The monoisotopic (exact) mass is 550 g/mol. The maximum Gasteiger partial charge on any atom is 0.246 e. The average Bonchev–Trinajstić information content (AvgIpc) is 3.47. The number of hydrogen-bond donors (Lipinski definition) is 3. The third kappa shape index (κ3) is 6.20. The molecule has 2 aliphatic rings. The molecular formula is C30H34N10O. The molecule has 6 rings (SSSR count). The Kier molecular flexibility index (Phi) is 7.59. The lowest BCUT2D eigenvalue weighted by atomic mass is 10.2. The fourth-order valence-electron chi connectivity index (χ4n) is 5.16. The molecule has 2 fully saturated rings. The van der Waals surface area contributed by atoms with E-state index in [2.05, 4.69) is 55.4 Å². The van der Waals surface area contributed by atoms with Gasteiger partial charge in [0.2, 0.25) is 11.9 Å². The number of likely N-dealkylation sites (N-methyl/N-ethyl adjacent to an activating group) is 1. The summed E-state index contributed by atoms with van der Waals surface area (Å²) in [5.41, 5.74) is 2.70. The number of fused-ring (bicyclic) bond motifs is 1. The van der Waals surface area contributed by atoms with Crippen LogP contribution in [0.1, 0.15) is 6.42 Å². The third-order valence-electron chi connectivity index (χ3n) is 7.50. The first kappa shape index (κ1) is 26.5. The molecule has 0 bridgehead atoms. The van der Waals surface area contributed by atoms with Gasteiger partial charge in [0.15, 0.2) is 0 Å². The van der Waals surface area contributed by atoms with Crippen LogP contribution in [0.25, 0.3) is 10.9 Å². The first-order chi connectivity index (χ1) is 20.0. The molecule has 0 aliphatic carbocycles. The number of aromatic nitrogens is 4. The van der Waals surface area contributed by atoms with Gasteiger partial charge in [-0.3, -0.25) is 4.79 Å². The van der Waals surface area contributed by atoms with Gasteiger partial charge in [-0.15, -0.1) is 0 Å². The molecule has 41 heavy (non-hydrogen) atoms. The minimum absolute atomic E-state index is 0.0509. The zero-order chi connectivity index (χ0) is 28.2. The van der Waals surface area contributed by atoms with E-state index in [4.69, 9.17) is 9.97 Å². The number of nitrogens with zero attached hydrogens (tertiary/aromatic N) is 7. The van der Waals surface area contributed by atoms with Crippen LogP contribution in [0.4, 0.5) is 34.8 Å². The van der Waals surface area contributed by atoms with Gasteiger partial charge in [-0.25, -0.2) is 15.0 Å². The van der Waals surface area contributed by atoms with Crippen molar-refractivity contribution in [1.82, 2.24) is 29.7 Å². The Bertz CT molecular complexity index is 1520. The van der Waals surface area contributed by atoms with E-state index in [1.54, 1.807) is 11.1 Å². The first-order valence-electron chi connectivity index (χ1n) is 13.9. The summed E-state index contributed by atoms with van der Waals surface area (Å²) in [6.45, 7) is 8.95. The molecule has 4 aromatic rings. The predicted octanol–water partition coefficient (Wildman–Crippen LogP) is 3.86. The molecule has 1 amide bonds. The molecule has 3 N–H and O–H groups in total. The summed E-state index contributed by atoms with van der Waals surface area (Å²) in [6.07, 6.45) is 5.82. The largest absolute Gasteiger partial charge is 0.368 e. The van der Waals surface area contributed by atoms with Gasteiger partial charge in [0, 0.05) is 56.4 Å². The quantitative estimate of drug-likeness (QED) is 0.280. The second-order valence-electron chi connectivity index (χ2n) is 10.4. The summed E-state index contributed by atoms with van der Waals surface area (Å²) in [4.78, 5) is 37.4. The summed E-state index contributed by atoms with van der Waals surface area (Å²) in [6, 6.07) is 15.9. The number of carbonyl (C=O) groups is 1. The zero-order valence-electron chi connectivity index (χ0n) is 23.1. The van der Waals surface area contributed by atoms with Gasteiger partial charge in [-0.2, -0.15) is 4.98 Å². The van der Waals surface area contributed by atoms with Gasteiger partial charge < -0.3 is 30.7 Å². The Labute approximate surface area is 239 Å². The van der Waals surface area contributed by atoms with E-state index in [1.807, 2.05) is 48.7 Å². The molecular weight excluding hydrogens is 516 g/mol. The predicted molar refractivity (Wildman–Crippen MR) is 163 cm³/mol. The maximum absolute atomic E-state index is 12.1.